The number of aromatic nitrogens is 2. The van der Waals surface area contributed by atoms with E-state index in [1.807, 2.05) is 17.7 Å². The van der Waals surface area contributed by atoms with Crippen molar-refractivity contribution in [2.75, 3.05) is 0 Å². The number of hydrogen-bond acceptors (Lipinski definition) is 2. The highest BCUT2D eigenvalue weighted by Gasteiger charge is 2.09. The van der Waals surface area contributed by atoms with Gasteiger partial charge in [-0.05, 0) is 12.1 Å². The van der Waals surface area contributed by atoms with Crippen LogP contribution in [0.15, 0.2) is 25.0 Å². The highest BCUT2D eigenvalue weighted by molar-refractivity contribution is 6.01. The first-order valence-corrected chi connectivity index (χ1v) is 4.35. The van der Waals surface area contributed by atoms with Crippen molar-refractivity contribution in [1.82, 2.24) is 9.55 Å². The molecule has 0 aliphatic carbocycles. The van der Waals surface area contributed by atoms with Crippen LogP contribution in [0.2, 0.25) is 0 Å². The van der Waals surface area contributed by atoms with E-state index in [-0.39, 0.29) is 0 Å². The molecular formula is C11H11N3. The minimum atomic E-state index is 0.880. The van der Waals surface area contributed by atoms with Crippen molar-refractivity contribution in [3.05, 3.63) is 36.3 Å². The van der Waals surface area contributed by atoms with Crippen LogP contribution in [-0.4, -0.2) is 15.8 Å². The molecule has 0 saturated heterocycles. The largest absolute Gasteiger partial charge is 0.343 e. The first-order valence-electron chi connectivity index (χ1n) is 4.35. The molecule has 0 saturated carbocycles. The van der Waals surface area contributed by atoms with Gasteiger partial charge >= 0.3 is 0 Å². The van der Waals surface area contributed by atoms with Crippen molar-refractivity contribution in [2.45, 2.75) is 0 Å². The molecule has 14 heavy (non-hydrogen) atoms. The average Bonchev–Trinajstić information content (AvgIpc) is 2.51. The molecule has 0 fully saturated rings. The van der Waals surface area contributed by atoms with Gasteiger partial charge in [0.1, 0.15) is 0 Å². The number of hydrogen-bond donors (Lipinski definition) is 1. The fraction of sp³-hybridized carbons (Fsp3) is 0.0909. The summed E-state index contributed by atoms with van der Waals surface area (Å²) in [6.07, 6.45) is 6.65. The molecule has 2 aromatic heterocycles. The molecule has 2 rings (SSSR count). The smallest absolute Gasteiger partial charge is 0.0520 e. The summed E-state index contributed by atoms with van der Waals surface area (Å²) in [6, 6.07) is 1.94. The molecule has 3 heteroatoms. The number of rotatable bonds is 2. The molecule has 0 aromatic carbocycles. The first-order chi connectivity index (χ1) is 6.79. The lowest BCUT2D eigenvalue weighted by Gasteiger charge is -1.97. The van der Waals surface area contributed by atoms with E-state index in [4.69, 9.17) is 5.41 Å². The van der Waals surface area contributed by atoms with E-state index < -0.39 is 0 Å². The van der Waals surface area contributed by atoms with Crippen molar-refractivity contribution in [2.24, 2.45) is 7.05 Å². The molecule has 2 aromatic rings. The predicted octanol–water partition coefficient (Wildman–Crippen LogP) is 2.21. The third kappa shape index (κ3) is 0.988. The van der Waals surface area contributed by atoms with Crippen molar-refractivity contribution in [3.8, 4) is 0 Å². The van der Waals surface area contributed by atoms with Crippen molar-refractivity contribution in [1.29, 1.82) is 5.41 Å². The molecular weight excluding hydrogens is 174 g/mol. The van der Waals surface area contributed by atoms with Crippen LogP contribution >= 0.6 is 0 Å². The highest BCUT2D eigenvalue weighted by atomic mass is 15.0. The summed E-state index contributed by atoms with van der Waals surface area (Å²) >= 11 is 0. The van der Waals surface area contributed by atoms with Gasteiger partial charge in [-0.15, -0.1) is 0 Å². The van der Waals surface area contributed by atoms with Crippen LogP contribution in [0, 0.1) is 5.41 Å². The average molecular weight is 185 g/mol. The van der Waals surface area contributed by atoms with Crippen molar-refractivity contribution >= 4 is 23.2 Å². The van der Waals surface area contributed by atoms with Crippen LogP contribution < -0.4 is 0 Å². The van der Waals surface area contributed by atoms with Gasteiger partial charge in [0.05, 0.1) is 5.52 Å². The van der Waals surface area contributed by atoms with Gasteiger partial charge in [0, 0.05) is 42.3 Å². The summed E-state index contributed by atoms with van der Waals surface area (Å²) in [7, 11) is 1.96. The normalized spacial score (nSPS) is 10.4. The summed E-state index contributed by atoms with van der Waals surface area (Å²) in [5.74, 6) is 0. The molecule has 0 aliphatic heterocycles. The third-order valence-corrected chi connectivity index (χ3v) is 2.42. The molecule has 0 unspecified atom stereocenters. The van der Waals surface area contributed by atoms with Gasteiger partial charge in [-0.3, -0.25) is 4.98 Å². The Hall–Kier alpha value is -1.90. The molecule has 2 heterocycles. The van der Waals surface area contributed by atoms with Gasteiger partial charge in [0.2, 0.25) is 0 Å². The molecule has 0 atom stereocenters. The standard InChI is InChI=1S/C11H11N3/c1-3-10-8(6-12)9-7-13-5-4-11(9)14(10)2/h3-7,12H,1H2,2H3. The van der Waals surface area contributed by atoms with Gasteiger partial charge in [0.15, 0.2) is 0 Å². The van der Waals surface area contributed by atoms with Crippen LogP contribution in [0.25, 0.3) is 17.0 Å². The summed E-state index contributed by atoms with van der Waals surface area (Å²) in [5, 5.41) is 8.37. The molecule has 0 bridgehead atoms. The zero-order chi connectivity index (χ0) is 10.1. The van der Waals surface area contributed by atoms with Crippen LogP contribution in [0.3, 0.4) is 0 Å². The summed E-state index contributed by atoms with van der Waals surface area (Å²) < 4.78 is 2.02. The van der Waals surface area contributed by atoms with Gasteiger partial charge < -0.3 is 9.98 Å². The van der Waals surface area contributed by atoms with Crippen molar-refractivity contribution in [3.63, 3.8) is 0 Å². The Morgan fingerprint density at radius 2 is 2.36 bits per heavy atom. The molecule has 0 spiro atoms. The van der Waals surface area contributed by atoms with Crippen molar-refractivity contribution < 1.29 is 0 Å². The lowest BCUT2D eigenvalue weighted by Crippen LogP contribution is -1.91. The maximum absolute atomic E-state index is 7.37. The van der Waals surface area contributed by atoms with E-state index in [2.05, 4.69) is 11.6 Å². The van der Waals surface area contributed by atoms with E-state index in [0.29, 0.717) is 0 Å². The number of pyridine rings is 1. The molecule has 70 valence electrons. The molecule has 0 amide bonds. The first kappa shape index (κ1) is 8.69. The number of aryl methyl sites for hydroxylation is 1. The minimum absolute atomic E-state index is 0.880. The Kier molecular flexibility index (Phi) is 1.93. The second kappa shape index (κ2) is 3.10. The quantitative estimate of drug-likeness (QED) is 0.716. The summed E-state index contributed by atoms with van der Waals surface area (Å²) in [5.41, 5.74) is 2.92. The van der Waals surface area contributed by atoms with Gasteiger partial charge in [-0.25, -0.2) is 0 Å². The Bertz CT molecular complexity index is 508. The molecule has 1 N–H and O–H groups in total. The Balaban J connectivity index is 2.98. The van der Waals surface area contributed by atoms with Gasteiger partial charge in [-0.1, -0.05) is 6.58 Å². The van der Waals surface area contributed by atoms with Crippen LogP contribution in [0.1, 0.15) is 11.3 Å². The van der Waals surface area contributed by atoms with E-state index in [0.717, 1.165) is 22.2 Å². The fourth-order valence-corrected chi connectivity index (χ4v) is 1.73. The Morgan fingerprint density at radius 1 is 1.57 bits per heavy atom. The maximum atomic E-state index is 7.37. The lowest BCUT2D eigenvalue weighted by molar-refractivity contribution is 0.953. The predicted molar refractivity (Wildman–Crippen MR) is 58.7 cm³/mol. The zero-order valence-corrected chi connectivity index (χ0v) is 7.99. The number of nitrogens with zero attached hydrogens (tertiary/aromatic N) is 2. The van der Waals surface area contributed by atoms with E-state index in [1.54, 1.807) is 18.5 Å². The Morgan fingerprint density at radius 3 is 3.00 bits per heavy atom. The molecule has 0 radical (unpaired) electrons. The van der Waals surface area contributed by atoms with Crippen LogP contribution in [0.5, 0.6) is 0 Å². The molecule has 3 nitrogen and oxygen atoms in total. The zero-order valence-electron chi connectivity index (χ0n) is 7.99. The molecule has 0 aliphatic rings. The minimum Gasteiger partial charge on any atom is -0.343 e. The monoisotopic (exact) mass is 185 g/mol. The van der Waals surface area contributed by atoms with Gasteiger partial charge in [-0.2, -0.15) is 0 Å². The van der Waals surface area contributed by atoms with Gasteiger partial charge in [0.25, 0.3) is 0 Å². The Labute approximate surface area is 82.2 Å². The number of fused-ring (bicyclic) bond motifs is 1. The van der Waals surface area contributed by atoms with E-state index >= 15 is 0 Å². The number of nitrogens with one attached hydrogen (secondary N) is 1. The maximum Gasteiger partial charge on any atom is 0.0520 e. The summed E-state index contributed by atoms with van der Waals surface area (Å²) in [6.45, 7) is 3.75. The summed E-state index contributed by atoms with van der Waals surface area (Å²) in [4.78, 5) is 4.06. The van der Waals surface area contributed by atoms with E-state index in [1.165, 1.54) is 6.21 Å². The van der Waals surface area contributed by atoms with E-state index in [9.17, 15) is 0 Å². The SMILES string of the molecule is C=Cc1c(C=N)c2cnccc2n1C. The van der Waals surface area contributed by atoms with Crippen LogP contribution in [-0.2, 0) is 7.05 Å². The van der Waals surface area contributed by atoms with Crippen LogP contribution in [0.4, 0.5) is 0 Å². The fourth-order valence-electron chi connectivity index (χ4n) is 1.73. The highest BCUT2D eigenvalue weighted by Crippen LogP contribution is 2.23. The second-order valence-electron chi connectivity index (χ2n) is 3.10. The third-order valence-electron chi connectivity index (χ3n) is 2.42. The topological polar surface area (TPSA) is 41.7 Å². The lowest BCUT2D eigenvalue weighted by atomic mass is 10.2. The second-order valence-corrected chi connectivity index (χ2v) is 3.10.